The molecule has 0 aliphatic carbocycles. The van der Waals surface area contributed by atoms with Crippen LogP contribution in [-0.2, 0) is 32.9 Å². The molecule has 0 amide bonds. The molecule has 0 spiro atoms. The fourth-order valence-electron chi connectivity index (χ4n) is 3.13. The van der Waals surface area contributed by atoms with Crippen molar-refractivity contribution >= 4 is 7.82 Å². The molecule has 1 atom stereocenters. The summed E-state index contributed by atoms with van der Waals surface area (Å²) in [5.74, 6) is 0. The van der Waals surface area contributed by atoms with E-state index in [2.05, 4.69) is 32.0 Å². The zero-order valence-electron chi connectivity index (χ0n) is 17.5. The summed E-state index contributed by atoms with van der Waals surface area (Å²) < 4.78 is 21.6. The predicted molar refractivity (Wildman–Crippen MR) is 113 cm³/mol. The maximum absolute atomic E-state index is 11.7. The van der Waals surface area contributed by atoms with Crippen LogP contribution in [0.25, 0.3) is 0 Å². The number of unbranched alkanes of at least 4 members (excludes halogenated alkanes) is 4. The van der Waals surface area contributed by atoms with E-state index in [1.165, 1.54) is 55.2 Å². The minimum Gasteiger partial charge on any atom is -0.302 e. The van der Waals surface area contributed by atoms with Gasteiger partial charge in [0.05, 0.1) is 13.2 Å². The van der Waals surface area contributed by atoms with Gasteiger partial charge in [0.25, 0.3) is 0 Å². The molecule has 1 aromatic rings. The van der Waals surface area contributed by atoms with Crippen LogP contribution in [0.2, 0.25) is 0 Å². The van der Waals surface area contributed by atoms with Gasteiger partial charge in [-0.1, -0.05) is 64.7 Å². The molecule has 156 valence electrons. The maximum atomic E-state index is 11.7. The van der Waals surface area contributed by atoms with Crippen LogP contribution in [0.1, 0.15) is 88.8 Å². The second-order valence-corrected chi connectivity index (χ2v) is 8.76. The third-order valence-electron chi connectivity index (χ3n) is 4.57. The molecule has 1 aromatic carbocycles. The molecule has 0 heterocycles. The van der Waals surface area contributed by atoms with Crippen LogP contribution in [0.15, 0.2) is 18.2 Å². The molecule has 0 aliphatic heterocycles. The number of hydrogen-bond donors (Lipinski definition) is 1. The molecule has 0 aliphatic rings. The van der Waals surface area contributed by atoms with Gasteiger partial charge in [-0.2, -0.15) is 0 Å². The average Bonchev–Trinajstić information content (AvgIpc) is 2.64. The highest BCUT2D eigenvalue weighted by atomic mass is 31.2. The Hall–Kier alpha value is -0.670. The van der Waals surface area contributed by atoms with E-state index in [-0.39, 0.29) is 13.2 Å². The molecule has 1 rings (SSSR count). The summed E-state index contributed by atoms with van der Waals surface area (Å²) in [7, 11) is -3.89. The highest BCUT2D eigenvalue weighted by Crippen LogP contribution is 2.43. The second-order valence-electron chi connectivity index (χ2n) is 7.31. The Balaban J connectivity index is 2.58. The van der Waals surface area contributed by atoms with Crippen LogP contribution in [0.3, 0.4) is 0 Å². The first kappa shape index (κ1) is 24.4. The molecule has 0 aromatic heterocycles. The van der Waals surface area contributed by atoms with Gasteiger partial charge in [0.2, 0.25) is 0 Å². The number of benzene rings is 1. The van der Waals surface area contributed by atoms with E-state index in [9.17, 15) is 9.46 Å². The minimum atomic E-state index is -3.89. The van der Waals surface area contributed by atoms with Gasteiger partial charge in [0.15, 0.2) is 0 Å². The third-order valence-corrected chi connectivity index (χ3v) is 5.59. The number of hydrogen-bond acceptors (Lipinski definition) is 3. The van der Waals surface area contributed by atoms with E-state index in [1.54, 1.807) is 0 Å². The Morgan fingerprint density at radius 3 is 1.59 bits per heavy atom. The van der Waals surface area contributed by atoms with Gasteiger partial charge in [-0.3, -0.25) is 9.05 Å². The van der Waals surface area contributed by atoms with Crippen LogP contribution in [0.5, 0.6) is 0 Å². The molecule has 4 nitrogen and oxygen atoms in total. The zero-order valence-corrected chi connectivity index (χ0v) is 18.4. The molecule has 27 heavy (non-hydrogen) atoms. The van der Waals surface area contributed by atoms with E-state index < -0.39 is 7.82 Å². The lowest BCUT2D eigenvalue weighted by Gasteiger charge is -2.13. The first-order valence-corrected chi connectivity index (χ1v) is 12.2. The lowest BCUT2D eigenvalue weighted by atomic mass is 9.96. The molecule has 1 unspecified atom stereocenters. The first-order valence-electron chi connectivity index (χ1n) is 10.7. The number of rotatable bonds is 16. The maximum Gasteiger partial charge on any atom is 0.472 e. The second kappa shape index (κ2) is 14.3. The van der Waals surface area contributed by atoms with Gasteiger partial charge in [-0.05, 0) is 61.6 Å². The Morgan fingerprint density at radius 2 is 1.15 bits per heavy atom. The van der Waals surface area contributed by atoms with Crippen molar-refractivity contribution in [3.8, 4) is 0 Å². The predicted octanol–water partition coefficient (Wildman–Crippen LogP) is 6.63. The van der Waals surface area contributed by atoms with Gasteiger partial charge in [0.1, 0.15) is 0 Å². The van der Waals surface area contributed by atoms with Crippen molar-refractivity contribution in [1.82, 2.24) is 0 Å². The van der Waals surface area contributed by atoms with E-state index >= 15 is 0 Å². The van der Waals surface area contributed by atoms with Gasteiger partial charge in [0, 0.05) is 0 Å². The van der Waals surface area contributed by atoms with E-state index in [0.717, 1.165) is 19.3 Å². The van der Waals surface area contributed by atoms with Crippen LogP contribution >= 0.6 is 7.82 Å². The lowest BCUT2D eigenvalue weighted by Crippen LogP contribution is -2.00. The zero-order chi connectivity index (χ0) is 20.0. The van der Waals surface area contributed by atoms with E-state index in [4.69, 9.17) is 9.05 Å². The van der Waals surface area contributed by atoms with Crippen LogP contribution < -0.4 is 0 Å². The van der Waals surface area contributed by atoms with Crippen molar-refractivity contribution in [3.05, 3.63) is 34.9 Å². The number of phosphoric acid groups is 1. The Labute approximate surface area is 166 Å². The molecule has 0 radical (unpaired) electrons. The topological polar surface area (TPSA) is 55.8 Å². The summed E-state index contributed by atoms with van der Waals surface area (Å²) in [4.78, 5) is 9.58. The van der Waals surface area contributed by atoms with Gasteiger partial charge < -0.3 is 4.89 Å². The smallest absolute Gasteiger partial charge is 0.302 e. The molecule has 0 saturated heterocycles. The summed E-state index contributed by atoms with van der Waals surface area (Å²) in [5.41, 5.74) is 4.15. The summed E-state index contributed by atoms with van der Waals surface area (Å²) >= 11 is 0. The van der Waals surface area contributed by atoms with Gasteiger partial charge in [-0.15, -0.1) is 0 Å². The summed E-state index contributed by atoms with van der Waals surface area (Å²) in [6.45, 7) is 6.84. The average molecular weight is 399 g/mol. The Kier molecular flexibility index (Phi) is 12.9. The van der Waals surface area contributed by atoms with Gasteiger partial charge >= 0.3 is 7.82 Å². The molecular formula is C22H39O4P. The Bertz CT molecular complexity index is 531. The number of aryl methyl sites for hydroxylation is 3. The van der Waals surface area contributed by atoms with Gasteiger partial charge in [-0.25, -0.2) is 4.57 Å². The highest BCUT2D eigenvalue weighted by molar-refractivity contribution is 7.47. The summed E-state index contributed by atoms with van der Waals surface area (Å²) in [6.07, 6.45) is 12.0. The molecule has 5 heteroatoms. The van der Waals surface area contributed by atoms with Crippen LogP contribution in [-0.4, -0.2) is 18.1 Å². The molecule has 0 bridgehead atoms. The summed E-state index contributed by atoms with van der Waals surface area (Å²) in [6, 6.07) is 6.96. The fourth-order valence-corrected chi connectivity index (χ4v) is 3.98. The van der Waals surface area contributed by atoms with Crippen molar-refractivity contribution in [2.45, 2.75) is 91.4 Å². The standard InChI is InChI=1S/C22H39O4P/c1-4-7-9-12-20-17-21(13-10-8-5-2)19-22(18-20)14-11-16-26-27(23,24)25-15-6-3/h17-19H,4-16H2,1-3H3,(H,23,24). The third kappa shape index (κ3) is 11.7. The van der Waals surface area contributed by atoms with Crippen molar-refractivity contribution in [3.63, 3.8) is 0 Å². The van der Waals surface area contributed by atoms with Crippen molar-refractivity contribution in [2.24, 2.45) is 0 Å². The van der Waals surface area contributed by atoms with Crippen molar-refractivity contribution in [1.29, 1.82) is 0 Å². The lowest BCUT2D eigenvalue weighted by molar-refractivity contribution is 0.148. The monoisotopic (exact) mass is 398 g/mol. The molecular weight excluding hydrogens is 359 g/mol. The quantitative estimate of drug-likeness (QED) is 0.251. The SMILES string of the molecule is CCCCCc1cc(CCCCC)cc(CCCOP(=O)(O)OCCC)c1. The van der Waals surface area contributed by atoms with Crippen molar-refractivity contribution < 1.29 is 18.5 Å². The first-order chi connectivity index (χ1) is 13.0. The summed E-state index contributed by atoms with van der Waals surface area (Å²) in [5, 5.41) is 0. The van der Waals surface area contributed by atoms with Crippen LogP contribution in [0.4, 0.5) is 0 Å². The Morgan fingerprint density at radius 1 is 0.704 bits per heavy atom. The van der Waals surface area contributed by atoms with E-state index in [1.807, 2.05) is 6.92 Å². The van der Waals surface area contributed by atoms with Crippen LogP contribution in [0, 0.1) is 0 Å². The fraction of sp³-hybridized carbons (Fsp3) is 0.727. The number of phosphoric ester groups is 1. The van der Waals surface area contributed by atoms with E-state index in [0.29, 0.717) is 12.8 Å². The molecule has 0 saturated carbocycles. The molecule has 1 N–H and O–H groups in total. The highest BCUT2D eigenvalue weighted by Gasteiger charge is 2.19. The largest absolute Gasteiger partial charge is 0.472 e. The molecule has 0 fully saturated rings. The normalized spacial score (nSPS) is 13.6. The van der Waals surface area contributed by atoms with Crippen molar-refractivity contribution in [2.75, 3.05) is 13.2 Å². The minimum absolute atomic E-state index is 0.239.